The van der Waals surface area contributed by atoms with Crippen molar-refractivity contribution in [3.8, 4) is 5.75 Å². The third-order valence-electron chi connectivity index (χ3n) is 4.78. The van der Waals surface area contributed by atoms with Gasteiger partial charge in [0.05, 0.1) is 0 Å². The normalized spacial score (nSPS) is 19.1. The molecule has 1 aromatic carbocycles. The zero-order chi connectivity index (χ0) is 16.1. The molecule has 2 aliphatic rings. The Balaban J connectivity index is 1.46. The molecule has 0 bridgehead atoms. The smallest absolute Gasteiger partial charge is 0.127 e. The minimum absolute atomic E-state index is 0.651. The average Bonchev–Trinajstić information content (AvgIpc) is 2.58. The van der Waals surface area contributed by atoms with Crippen molar-refractivity contribution in [3.63, 3.8) is 0 Å². The molecule has 0 atom stereocenters. The lowest BCUT2D eigenvalue weighted by atomic mass is 10.0. The quantitative estimate of drug-likeness (QED) is 0.806. The van der Waals surface area contributed by atoms with E-state index in [4.69, 9.17) is 4.74 Å². The summed E-state index contributed by atoms with van der Waals surface area (Å²) >= 11 is 3.53. The van der Waals surface area contributed by atoms with E-state index in [0.29, 0.717) is 12.6 Å². The maximum atomic E-state index is 5.85. The molecule has 126 valence electrons. The molecule has 0 unspecified atom stereocenters. The van der Waals surface area contributed by atoms with Gasteiger partial charge in [0.15, 0.2) is 0 Å². The second-order valence-corrected chi connectivity index (χ2v) is 7.54. The molecule has 0 spiro atoms. The summed E-state index contributed by atoms with van der Waals surface area (Å²) in [6.45, 7) is 7.66. The largest absolute Gasteiger partial charge is 0.489 e. The fourth-order valence-corrected chi connectivity index (χ4v) is 3.69. The fourth-order valence-electron chi connectivity index (χ4n) is 3.32. The Morgan fingerprint density at radius 2 is 2.13 bits per heavy atom. The topological polar surface area (TPSA) is 24.5 Å². The lowest BCUT2D eigenvalue weighted by Gasteiger charge is -2.32. The molecule has 3 rings (SSSR count). The third kappa shape index (κ3) is 4.82. The van der Waals surface area contributed by atoms with E-state index in [1.807, 2.05) is 12.1 Å². The third-order valence-corrected chi connectivity index (χ3v) is 5.27. The molecule has 2 heterocycles. The van der Waals surface area contributed by atoms with Crippen LogP contribution in [-0.4, -0.2) is 43.7 Å². The minimum atomic E-state index is 0.651. The van der Waals surface area contributed by atoms with Gasteiger partial charge in [0.25, 0.3) is 0 Å². The monoisotopic (exact) mass is 378 g/mol. The summed E-state index contributed by atoms with van der Waals surface area (Å²) < 4.78 is 6.96. The second kappa shape index (κ2) is 8.32. The number of halogens is 1. The summed E-state index contributed by atoms with van der Waals surface area (Å²) in [7, 11) is 0. The highest BCUT2D eigenvalue weighted by molar-refractivity contribution is 9.10. The van der Waals surface area contributed by atoms with E-state index in [1.54, 1.807) is 0 Å². The van der Waals surface area contributed by atoms with Crippen molar-refractivity contribution in [2.75, 3.05) is 32.8 Å². The van der Waals surface area contributed by atoms with Crippen molar-refractivity contribution >= 4 is 22.0 Å². The first-order valence-corrected chi connectivity index (χ1v) is 9.61. The van der Waals surface area contributed by atoms with Crippen molar-refractivity contribution in [2.45, 2.75) is 38.6 Å². The molecule has 0 aromatic heterocycles. The van der Waals surface area contributed by atoms with Crippen LogP contribution in [0, 0.1) is 0 Å². The standard InChI is InChI=1S/C19H27BrN2O/c1-2-3-8-22-9-6-18(7-10-22)21-13-15-11-16-12-17(20)4-5-19(16)23-14-15/h4-5,11-12,18,21H,2-3,6-10,13-14H2,1H3. The summed E-state index contributed by atoms with van der Waals surface area (Å²) in [4.78, 5) is 2.61. The van der Waals surface area contributed by atoms with E-state index in [-0.39, 0.29) is 0 Å². The van der Waals surface area contributed by atoms with Gasteiger partial charge in [0, 0.05) is 22.6 Å². The summed E-state index contributed by atoms with van der Waals surface area (Å²) in [6.07, 6.45) is 7.42. The van der Waals surface area contributed by atoms with Crippen molar-refractivity contribution in [2.24, 2.45) is 0 Å². The Labute approximate surface area is 148 Å². The van der Waals surface area contributed by atoms with Gasteiger partial charge in [0.1, 0.15) is 12.4 Å². The first kappa shape index (κ1) is 17.0. The number of rotatable bonds is 6. The van der Waals surface area contributed by atoms with Gasteiger partial charge in [0.2, 0.25) is 0 Å². The van der Waals surface area contributed by atoms with Crippen LogP contribution in [0.1, 0.15) is 38.2 Å². The highest BCUT2D eigenvalue weighted by Gasteiger charge is 2.19. The first-order valence-electron chi connectivity index (χ1n) is 8.82. The molecule has 0 radical (unpaired) electrons. The SMILES string of the molecule is CCCCN1CCC(NCC2=Cc3cc(Br)ccc3OC2)CC1. The number of benzene rings is 1. The van der Waals surface area contributed by atoms with Crippen LogP contribution in [0.4, 0.5) is 0 Å². The molecule has 4 heteroatoms. The van der Waals surface area contributed by atoms with Gasteiger partial charge in [-0.25, -0.2) is 0 Å². The van der Waals surface area contributed by atoms with E-state index in [1.165, 1.54) is 56.5 Å². The predicted molar refractivity (Wildman–Crippen MR) is 100.0 cm³/mol. The van der Waals surface area contributed by atoms with Gasteiger partial charge < -0.3 is 15.0 Å². The maximum absolute atomic E-state index is 5.85. The van der Waals surface area contributed by atoms with E-state index >= 15 is 0 Å². The molecular formula is C19H27BrN2O. The number of ether oxygens (including phenoxy) is 1. The van der Waals surface area contributed by atoms with Crippen molar-refractivity contribution < 1.29 is 4.74 Å². The predicted octanol–water partition coefficient (Wildman–Crippen LogP) is 4.08. The van der Waals surface area contributed by atoms with Crippen LogP contribution < -0.4 is 10.1 Å². The van der Waals surface area contributed by atoms with Gasteiger partial charge in [-0.15, -0.1) is 0 Å². The van der Waals surface area contributed by atoms with E-state index in [2.05, 4.69) is 45.2 Å². The van der Waals surface area contributed by atoms with Crippen LogP contribution in [0.25, 0.3) is 6.08 Å². The number of hydrogen-bond acceptors (Lipinski definition) is 3. The molecular weight excluding hydrogens is 352 g/mol. The molecule has 1 aromatic rings. The Hall–Kier alpha value is -0.840. The van der Waals surface area contributed by atoms with Gasteiger partial charge in [-0.05, 0) is 68.7 Å². The lowest BCUT2D eigenvalue weighted by molar-refractivity contribution is 0.196. The summed E-state index contributed by atoms with van der Waals surface area (Å²) in [5.41, 5.74) is 2.51. The minimum Gasteiger partial charge on any atom is -0.489 e. The number of nitrogens with one attached hydrogen (secondary N) is 1. The van der Waals surface area contributed by atoms with Gasteiger partial charge in [-0.1, -0.05) is 29.3 Å². The number of piperidine rings is 1. The van der Waals surface area contributed by atoms with Gasteiger partial charge in [-0.2, -0.15) is 0 Å². The van der Waals surface area contributed by atoms with Crippen molar-refractivity contribution in [1.82, 2.24) is 10.2 Å². The zero-order valence-corrected chi connectivity index (χ0v) is 15.6. The molecule has 0 amide bonds. The summed E-state index contributed by atoms with van der Waals surface area (Å²) in [5, 5.41) is 3.73. The number of hydrogen-bond donors (Lipinski definition) is 1. The van der Waals surface area contributed by atoms with Gasteiger partial charge >= 0.3 is 0 Å². The number of nitrogens with zero attached hydrogens (tertiary/aromatic N) is 1. The van der Waals surface area contributed by atoms with E-state index in [9.17, 15) is 0 Å². The Morgan fingerprint density at radius 3 is 2.91 bits per heavy atom. The van der Waals surface area contributed by atoms with Gasteiger partial charge in [-0.3, -0.25) is 0 Å². The van der Waals surface area contributed by atoms with Crippen LogP contribution in [-0.2, 0) is 0 Å². The highest BCUT2D eigenvalue weighted by Crippen LogP contribution is 2.29. The van der Waals surface area contributed by atoms with E-state index < -0.39 is 0 Å². The maximum Gasteiger partial charge on any atom is 0.127 e. The fraction of sp³-hybridized carbons (Fsp3) is 0.579. The molecule has 1 N–H and O–H groups in total. The lowest BCUT2D eigenvalue weighted by Crippen LogP contribution is -2.43. The molecule has 2 aliphatic heterocycles. The highest BCUT2D eigenvalue weighted by atomic mass is 79.9. The Bertz CT molecular complexity index is 550. The molecule has 0 saturated carbocycles. The van der Waals surface area contributed by atoms with Crippen LogP contribution in [0.5, 0.6) is 5.75 Å². The average molecular weight is 379 g/mol. The van der Waals surface area contributed by atoms with Crippen molar-refractivity contribution in [1.29, 1.82) is 0 Å². The Kier molecular flexibility index (Phi) is 6.15. The number of likely N-dealkylation sites (tertiary alicyclic amines) is 1. The zero-order valence-electron chi connectivity index (χ0n) is 14.0. The molecule has 0 aliphatic carbocycles. The van der Waals surface area contributed by atoms with Crippen molar-refractivity contribution in [3.05, 3.63) is 33.8 Å². The van der Waals surface area contributed by atoms with E-state index in [0.717, 1.165) is 16.8 Å². The van der Waals surface area contributed by atoms with Crippen LogP contribution in [0.15, 0.2) is 28.2 Å². The molecule has 1 saturated heterocycles. The number of fused-ring (bicyclic) bond motifs is 1. The van der Waals surface area contributed by atoms with Crippen LogP contribution in [0.3, 0.4) is 0 Å². The number of unbranched alkanes of at least 4 members (excludes halogenated alkanes) is 1. The summed E-state index contributed by atoms with van der Waals surface area (Å²) in [6, 6.07) is 6.84. The molecule has 3 nitrogen and oxygen atoms in total. The molecule has 23 heavy (non-hydrogen) atoms. The van der Waals surface area contributed by atoms with Crippen LogP contribution >= 0.6 is 15.9 Å². The Morgan fingerprint density at radius 1 is 1.30 bits per heavy atom. The second-order valence-electron chi connectivity index (χ2n) is 6.62. The molecule has 1 fully saturated rings. The van der Waals surface area contributed by atoms with Crippen LogP contribution in [0.2, 0.25) is 0 Å². The summed E-state index contributed by atoms with van der Waals surface area (Å²) in [5.74, 6) is 0.987. The first-order chi connectivity index (χ1) is 11.2.